The zero-order chi connectivity index (χ0) is 14.3. The summed E-state index contributed by atoms with van der Waals surface area (Å²) in [5.74, 6) is 1.99. The number of terminal acetylenes is 1. The minimum Gasteiger partial charge on any atom is -0.349 e. The maximum absolute atomic E-state index is 11.7. The Labute approximate surface area is 113 Å². The van der Waals surface area contributed by atoms with Gasteiger partial charge in [-0.05, 0) is 12.5 Å². The molecule has 0 heterocycles. The second-order valence-corrected chi connectivity index (χ2v) is 4.35. The van der Waals surface area contributed by atoms with Crippen LogP contribution in [0.5, 0.6) is 0 Å². The average molecular weight is 258 g/mol. The van der Waals surface area contributed by atoms with Gasteiger partial charge in [-0.3, -0.25) is 9.59 Å². The van der Waals surface area contributed by atoms with Gasteiger partial charge >= 0.3 is 0 Å². The molecule has 0 radical (unpaired) electrons. The van der Waals surface area contributed by atoms with Crippen molar-refractivity contribution in [3.8, 4) is 12.3 Å². The molecule has 0 aromatic heterocycles. The van der Waals surface area contributed by atoms with Crippen molar-refractivity contribution in [1.29, 1.82) is 0 Å². The van der Waals surface area contributed by atoms with Crippen LogP contribution in [0.25, 0.3) is 0 Å². The second kappa shape index (κ2) is 7.22. The van der Waals surface area contributed by atoms with Crippen LogP contribution < -0.4 is 10.6 Å². The van der Waals surface area contributed by atoms with Gasteiger partial charge in [-0.2, -0.15) is 0 Å². The van der Waals surface area contributed by atoms with Crippen molar-refractivity contribution in [3.63, 3.8) is 0 Å². The molecule has 0 unspecified atom stereocenters. The van der Waals surface area contributed by atoms with E-state index < -0.39 is 0 Å². The average Bonchev–Trinajstić information content (AvgIpc) is 2.36. The predicted octanol–water partition coefficient (Wildman–Crippen LogP) is 1.31. The Morgan fingerprint density at radius 1 is 1.32 bits per heavy atom. The summed E-state index contributed by atoms with van der Waals surface area (Å²) in [6.45, 7) is 3.61. The molecule has 2 N–H and O–H groups in total. The molecule has 0 aliphatic heterocycles. The quantitative estimate of drug-likeness (QED) is 0.782. The van der Waals surface area contributed by atoms with Gasteiger partial charge in [0.1, 0.15) is 0 Å². The summed E-state index contributed by atoms with van der Waals surface area (Å²) in [5.41, 5.74) is 2.03. The molecule has 0 bridgehead atoms. The first kappa shape index (κ1) is 14.8. The molecular weight excluding hydrogens is 240 g/mol. The lowest BCUT2D eigenvalue weighted by Crippen LogP contribution is -2.32. The van der Waals surface area contributed by atoms with Gasteiger partial charge in [-0.15, -0.1) is 6.42 Å². The number of hydrogen-bond donors (Lipinski definition) is 2. The fourth-order valence-corrected chi connectivity index (χ4v) is 1.70. The van der Waals surface area contributed by atoms with E-state index in [9.17, 15) is 9.59 Å². The fraction of sp³-hybridized carbons (Fsp3) is 0.333. The molecule has 1 rings (SSSR count). The molecular formula is C15H18N2O2. The first-order chi connectivity index (χ1) is 9.02. The SMILES string of the molecule is C#CCNC(=O)C[C@H](NC(C)=O)c1ccc(C)cc1. The lowest BCUT2D eigenvalue weighted by Gasteiger charge is -2.18. The molecule has 19 heavy (non-hydrogen) atoms. The van der Waals surface area contributed by atoms with Gasteiger partial charge in [0.2, 0.25) is 11.8 Å². The van der Waals surface area contributed by atoms with Crippen LogP contribution in [-0.4, -0.2) is 18.4 Å². The van der Waals surface area contributed by atoms with Gasteiger partial charge in [0.05, 0.1) is 19.0 Å². The summed E-state index contributed by atoms with van der Waals surface area (Å²) in [6.07, 6.45) is 5.25. The van der Waals surface area contributed by atoms with Crippen LogP contribution >= 0.6 is 0 Å². The van der Waals surface area contributed by atoms with Crippen LogP contribution in [0.3, 0.4) is 0 Å². The Kier molecular flexibility index (Phi) is 5.62. The van der Waals surface area contributed by atoms with E-state index in [-0.39, 0.29) is 30.8 Å². The summed E-state index contributed by atoms with van der Waals surface area (Å²) in [7, 11) is 0. The molecule has 0 saturated carbocycles. The fourth-order valence-electron chi connectivity index (χ4n) is 1.70. The highest BCUT2D eigenvalue weighted by atomic mass is 16.2. The summed E-state index contributed by atoms with van der Waals surface area (Å²) < 4.78 is 0. The number of benzene rings is 1. The van der Waals surface area contributed by atoms with Crippen molar-refractivity contribution >= 4 is 11.8 Å². The maximum atomic E-state index is 11.7. The van der Waals surface area contributed by atoms with E-state index >= 15 is 0 Å². The van der Waals surface area contributed by atoms with Crippen LogP contribution in [0.15, 0.2) is 24.3 Å². The zero-order valence-electron chi connectivity index (χ0n) is 11.2. The molecule has 4 heteroatoms. The maximum Gasteiger partial charge on any atom is 0.223 e. The normalized spacial score (nSPS) is 11.2. The first-order valence-electron chi connectivity index (χ1n) is 6.06. The van der Waals surface area contributed by atoms with Gasteiger partial charge in [-0.25, -0.2) is 0 Å². The number of carbonyl (C=O) groups excluding carboxylic acids is 2. The molecule has 1 aromatic carbocycles. The minimum absolute atomic E-state index is 0.171. The lowest BCUT2D eigenvalue weighted by molar-refractivity contribution is -0.122. The van der Waals surface area contributed by atoms with Crippen molar-refractivity contribution in [2.24, 2.45) is 0 Å². The third kappa shape index (κ3) is 5.26. The Morgan fingerprint density at radius 3 is 2.47 bits per heavy atom. The Morgan fingerprint density at radius 2 is 1.95 bits per heavy atom. The minimum atomic E-state index is -0.337. The van der Waals surface area contributed by atoms with Crippen molar-refractivity contribution in [1.82, 2.24) is 10.6 Å². The van der Waals surface area contributed by atoms with Gasteiger partial charge in [-0.1, -0.05) is 35.7 Å². The molecule has 2 amide bonds. The van der Waals surface area contributed by atoms with E-state index in [4.69, 9.17) is 6.42 Å². The van der Waals surface area contributed by atoms with Gasteiger partial charge < -0.3 is 10.6 Å². The molecule has 1 atom stereocenters. The van der Waals surface area contributed by atoms with E-state index in [1.807, 2.05) is 31.2 Å². The van der Waals surface area contributed by atoms with Gasteiger partial charge in [0, 0.05) is 6.92 Å². The van der Waals surface area contributed by atoms with Crippen LogP contribution in [0.4, 0.5) is 0 Å². The van der Waals surface area contributed by atoms with Crippen LogP contribution in [0.2, 0.25) is 0 Å². The summed E-state index contributed by atoms with van der Waals surface area (Å²) in [4.78, 5) is 22.9. The number of aryl methyl sites for hydroxylation is 1. The van der Waals surface area contributed by atoms with Crippen molar-refractivity contribution in [2.45, 2.75) is 26.3 Å². The third-order valence-corrected chi connectivity index (χ3v) is 2.63. The Hall–Kier alpha value is -2.28. The standard InChI is InChI=1S/C15H18N2O2/c1-4-9-16-15(19)10-14(17-12(3)18)13-7-5-11(2)6-8-13/h1,5-8,14H,9-10H2,2-3H3,(H,16,19)(H,17,18)/t14-/m0/s1. The van der Waals surface area contributed by atoms with Crippen LogP contribution in [0, 0.1) is 19.3 Å². The van der Waals surface area contributed by atoms with Crippen molar-refractivity contribution < 1.29 is 9.59 Å². The van der Waals surface area contributed by atoms with E-state index in [0.717, 1.165) is 11.1 Å². The molecule has 1 aromatic rings. The highest BCUT2D eigenvalue weighted by molar-refractivity contribution is 5.79. The Bertz CT molecular complexity index is 486. The monoisotopic (exact) mass is 258 g/mol. The molecule has 0 fully saturated rings. The largest absolute Gasteiger partial charge is 0.349 e. The van der Waals surface area contributed by atoms with Gasteiger partial charge in [0.15, 0.2) is 0 Å². The predicted molar refractivity (Wildman–Crippen MR) is 74.2 cm³/mol. The summed E-state index contributed by atoms with van der Waals surface area (Å²) in [6, 6.07) is 7.37. The number of hydrogen-bond acceptors (Lipinski definition) is 2. The van der Waals surface area contributed by atoms with Crippen LogP contribution in [-0.2, 0) is 9.59 Å². The summed E-state index contributed by atoms with van der Waals surface area (Å²) in [5, 5.41) is 5.36. The molecule has 100 valence electrons. The van der Waals surface area contributed by atoms with Gasteiger partial charge in [0.25, 0.3) is 0 Å². The topological polar surface area (TPSA) is 58.2 Å². The zero-order valence-corrected chi connectivity index (χ0v) is 11.2. The highest BCUT2D eigenvalue weighted by Gasteiger charge is 2.16. The molecule has 4 nitrogen and oxygen atoms in total. The summed E-state index contributed by atoms with van der Waals surface area (Å²) >= 11 is 0. The second-order valence-electron chi connectivity index (χ2n) is 4.35. The number of rotatable bonds is 5. The third-order valence-electron chi connectivity index (χ3n) is 2.63. The smallest absolute Gasteiger partial charge is 0.223 e. The molecule has 0 aliphatic rings. The lowest BCUT2D eigenvalue weighted by atomic mass is 10.0. The number of amides is 2. The first-order valence-corrected chi connectivity index (χ1v) is 6.06. The van der Waals surface area contributed by atoms with Crippen molar-refractivity contribution in [3.05, 3.63) is 35.4 Å². The molecule has 0 aliphatic carbocycles. The molecule has 0 spiro atoms. The van der Waals surface area contributed by atoms with Crippen molar-refractivity contribution in [2.75, 3.05) is 6.54 Å². The van der Waals surface area contributed by atoms with E-state index in [2.05, 4.69) is 16.6 Å². The number of carbonyl (C=O) groups is 2. The van der Waals surface area contributed by atoms with E-state index in [1.165, 1.54) is 6.92 Å². The number of nitrogens with one attached hydrogen (secondary N) is 2. The van der Waals surface area contributed by atoms with E-state index in [1.54, 1.807) is 0 Å². The van der Waals surface area contributed by atoms with E-state index in [0.29, 0.717) is 0 Å². The van der Waals surface area contributed by atoms with Crippen LogP contribution in [0.1, 0.15) is 30.5 Å². The Balaban J connectivity index is 2.77. The highest BCUT2D eigenvalue weighted by Crippen LogP contribution is 2.17. The molecule has 0 saturated heterocycles.